The summed E-state index contributed by atoms with van der Waals surface area (Å²) in [6, 6.07) is 0. The van der Waals surface area contributed by atoms with Crippen LogP contribution in [0.25, 0.3) is 0 Å². The van der Waals surface area contributed by atoms with Crippen LogP contribution in [-0.4, -0.2) is 22.3 Å². The first-order valence-electron chi connectivity index (χ1n) is 13.1. The van der Waals surface area contributed by atoms with Crippen LogP contribution in [0.1, 0.15) is 120 Å². The van der Waals surface area contributed by atoms with Gasteiger partial charge in [0, 0.05) is 22.3 Å². The summed E-state index contributed by atoms with van der Waals surface area (Å²) in [5.41, 5.74) is 5.79. The quantitative estimate of drug-likeness (QED) is 0.206. The summed E-state index contributed by atoms with van der Waals surface area (Å²) in [5, 5.41) is 10.9. The zero-order valence-corrected chi connectivity index (χ0v) is 23.1. The number of rotatable bonds is 14. The maximum atomic E-state index is 13.0. The van der Waals surface area contributed by atoms with Crippen LogP contribution in [-0.2, 0) is 9.59 Å². The van der Waals surface area contributed by atoms with Gasteiger partial charge in [0.1, 0.15) is 0 Å². The lowest BCUT2D eigenvalue weighted by Gasteiger charge is -2.26. The summed E-state index contributed by atoms with van der Waals surface area (Å²) < 4.78 is 0. The summed E-state index contributed by atoms with van der Waals surface area (Å²) in [4.78, 5) is 25.7. The van der Waals surface area contributed by atoms with Gasteiger partial charge in [-0.25, -0.2) is 0 Å². The fraction of sp³-hybridized carbons (Fsp3) is 0.613. The van der Waals surface area contributed by atoms with Gasteiger partial charge < -0.3 is 5.11 Å². The van der Waals surface area contributed by atoms with Crippen molar-refractivity contribution in [1.29, 1.82) is 0 Å². The van der Waals surface area contributed by atoms with E-state index in [1.165, 1.54) is 16.7 Å². The Kier molecular flexibility index (Phi) is 12.7. The van der Waals surface area contributed by atoms with Crippen molar-refractivity contribution in [2.24, 2.45) is 0 Å². The molecule has 0 bridgehead atoms. The summed E-state index contributed by atoms with van der Waals surface area (Å²) >= 11 is 0. The Morgan fingerprint density at radius 3 is 1.79 bits per heavy atom. The molecule has 0 aliphatic heterocycles. The molecule has 0 heterocycles. The molecule has 0 spiro atoms. The maximum Gasteiger partial charge on any atom is 0.185 e. The molecule has 3 heteroatoms. The van der Waals surface area contributed by atoms with Crippen molar-refractivity contribution in [2.45, 2.75) is 125 Å². The average molecular weight is 469 g/mol. The molecule has 190 valence electrons. The van der Waals surface area contributed by atoms with Crippen molar-refractivity contribution in [1.82, 2.24) is 0 Å². The van der Waals surface area contributed by atoms with Gasteiger partial charge in [-0.1, -0.05) is 48.8 Å². The van der Waals surface area contributed by atoms with Crippen LogP contribution in [0.5, 0.6) is 0 Å². The molecule has 3 nitrogen and oxygen atoms in total. The van der Waals surface area contributed by atoms with Gasteiger partial charge in [0.15, 0.2) is 11.6 Å². The maximum absolute atomic E-state index is 13.0. The Bertz CT molecular complexity index is 884. The van der Waals surface area contributed by atoms with Crippen LogP contribution >= 0.6 is 0 Å². The SMILES string of the molecule is CCC1=C(CC)C(=O)C(CCC(C)(O)CC/C=C(\C)CC/C=C(\C)CCC=C(C)C)=C(C)C1=O. The molecule has 0 radical (unpaired) electrons. The van der Waals surface area contributed by atoms with Crippen molar-refractivity contribution in [2.75, 3.05) is 0 Å². The average Bonchev–Trinajstić information content (AvgIpc) is 2.75. The second-order valence-electron chi connectivity index (χ2n) is 10.4. The number of carbonyl (C=O) groups excluding carboxylic acids is 2. The van der Waals surface area contributed by atoms with Gasteiger partial charge in [-0.3, -0.25) is 9.59 Å². The number of carbonyl (C=O) groups is 2. The van der Waals surface area contributed by atoms with Gasteiger partial charge in [-0.15, -0.1) is 0 Å². The van der Waals surface area contributed by atoms with E-state index in [2.05, 4.69) is 45.9 Å². The van der Waals surface area contributed by atoms with E-state index < -0.39 is 5.60 Å². The third kappa shape index (κ3) is 9.70. The third-order valence-corrected chi connectivity index (χ3v) is 6.90. The molecule has 1 aliphatic carbocycles. The molecule has 0 saturated heterocycles. The molecule has 34 heavy (non-hydrogen) atoms. The standard InChI is InChI=1S/C31H48O3/c1-9-26-27(10-2)30(33)28(25(7)29(26)32)19-21-31(8,34)20-13-18-24(6)17-12-16-23(5)15-11-14-22(3)4/h14,16,18,34H,9-13,15,17,19-21H2,1-8H3/b23-16+,24-18+. The molecule has 1 N–H and O–H groups in total. The molecule has 1 atom stereocenters. The highest BCUT2D eigenvalue weighted by molar-refractivity contribution is 6.24. The van der Waals surface area contributed by atoms with Crippen molar-refractivity contribution >= 4 is 11.6 Å². The molecule has 0 aromatic carbocycles. The van der Waals surface area contributed by atoms with Crippen molar-refractivity contribution < 1.29 is 14.7 Å². The van der Waals surface area contributed by atoms with Crippen molar-refractivity contribution in [3.05, 3.63) is 57.2 Å². The fourth-order valence-corrected chi connectivity index (χ4v) is 4.53. The first-order valence-corrected chi connectivity index (χ1v) is 13.1. The molecule has 1 rings (SSSR count). The van der Waals surface area contributed by atoms with E-state index in [-0.39, 0.29) is 11.6 Å². The highest BCUT2D eigenvalue weighted by Gasteiger charge is 2.31. The molecule has 0 saturated carbocycles. The first-order chi connectivity index (χ1) is 15.9. The van der Waals surface area contributed by atoms with E-state index in [0.717, 1.165) is 32.1 Å². The van der Waals surface area contributed by atoms with E-state index >= 15 is 0 Å². The Morgan fingerprint density at radius 2 is 1.26 bits per heavy atom. The zero-order valence-electron chi connectivity index (χ0n) is 23.1. The number of aliphatic hydroxyl groups is 1. The number of hydrogen-bond acceptors (Lipinski definition) is 3. The van der Waals surface area contributed by atoms with Crippen LogP contribution in [0.2, 0.25) is 0 Å². The molecule has 0 aromatic heterocycles. The van der Waals surface area contributed by atoms with Gasteiger partial charge in [-0.05, 0) is 106 Å². The second-order valence-corrected chi connectivity index (χ2v) is 10.4. The summed E-state index contributed by atoms with van der Waals surface area (Å²) in [6.07, 6.45) is 14.7. The smallest absolute Gasteiger partial charge is 0.185 e. The van der Waals surface area contributed by atoms with Gasteiger partial charge in [0.25, 0.3) is 0 Å². The number of Topliss-reactive ketones (excluding diaryl/α,β-unsaturated/α-hetero) is 2. The summed E-state index contributed by atoms with van der Waals surface area (Å²) in [6.45, 7) is 16.1. The van der Waals surface area contributed by atoms with Gasteiger partial charge in [0.05, 0.1) is 5.60 Å². The second kappa shape index (κ2) is 14.4. The van der Waals surface area contributed by atoms with Gasteiger partial charge >= 0.3 is 0 Å². The highest BCUT2D eigenvalue weighted by Crippen LogP contribution is 2.32. The van der Waals surface area contributed by atoms with Crippen LogP contribution in [0, 0.1) is 0 Å². The lowest BCUT2D eigenvalue weighted by atomic mass is 9.79. The monoisotopic (exact) mass is 468 g/mol. The van der Waals surface area contributed by atoms with Crippen LogP contribution in [0.3, 0.4) is 0 Å². The molecular weight excluding hydrogens is 420 g/mol. The van der Waals surface area contributed by atoms with E-state index in [0.29, 0.717) is 54.4 Å². The molecule has 1 unspecified atom stereocenters. The lowest BCUT2D eigenvalue weighted by Crippen LogP contribution is -2.27. The zero-order chi connectivity index (χ0) is 25.9. The third-order valence-electron chi connectivity index (χ3n) is 6.90. The van der Waals surface area contributed by atoms with Crippen LogP contribution in [0.4, 0.5) is 0 Å². The van der Waals surface area contributed by atoms with E-state index in [1.54, 1.807) is 6.92 Å². The minimum Gasteiger partial charge on any atom is -0.390 e. The fourth-order valence-electron chi connectivity index (χ4n) is 4.53. The van der Waals surface area contributed by atoms with Crippen LogP contribution < -0.4 is 0 Å². The van der Waals surface area contributed by atoms with Gasteiger partial charge in [0.2, 0.25) is 0 Å². The first kappa shape index (κ1) is 30.0. The number of hydrogen-bond donors (Lipinski definition) is 1. The van der Waals surface area contributed by atoms with Crippen molar-refractivity contribution in [3.63, 3.8) is 0 Å². The minimum absolute atomic E-state index is 0.00666. The lowest BCUT2D eigenvalue weighted by molar-refractivity contribution is -0.116. The van der Waals surface area contributed by atoms with Gasteiger partial charge in [-0.2, -0.15) is 0 Å². The minimum atomic E-state index is -0.865. The van der Waals surface area contributed by atoms with E-state index in [4.69, 9.17) is 0 Å². The Morgan fingerprint density at radius 1 is 0.765 bits per heavy atom. The van der Waals surface area contributed by atoms with E-state index in [1.807, 2.05) is 20.8 Å². The molecular formula is C31H48O3. The number of ketones is 2. The predicted molar refractivity (Wildman–Crippen MR) is 145 cm³/mol. The Labute approximate surface area is 208 Å². The summed E-state index contributed by atoms with van der Waals surface area (Å²) in [5.74, 6) is 0.0144. The topological polar surface area (TPSA) is 54.4 Å². The molecule has 0 fully saturated rings. The largest absolute Gasteiger partial charge is 0.390 e. The predicted octanol–water partition coefficient (Wildman–Crippen LogP) is 8.30. The number of allylic oxidation sites excluding steroid dienone is 10. The normalized spacial score (nSPS) is 17.4. The Balaban J connectivity index is 2.57. The molecule has 0 aromatic rings. The molecule has 0 amide bonds. The van der Waals surface area contributed by atoms with E-state index in [9.17, 15) is 14.7 Å². The van der Waals surface area contributed by atoms with Crippen LogP contribution in [0.15, 0.2) is 57.2 Å². The Hall–Kier alpha value is -2.00. The summed E-state index contributed by atoms with van der Waals surface area (Å²) in [7, 11) is 0. The van der Waals surface area contributed by atoms with Crippen molar-refractivity contribution in [3.8, 4) is 0 Å². The highest BCUT2D eigenvalue weighted by atomic mass is 16.3. The molecule has 1 aliphatic rings.